The van der Waals surface area contributed by atoms with E-state index in [9.17, 15) is 10.1 Å². The molecule has 0 aliphatic rings. The van der Waals surface area contributed by atoms with Gasteiger partial charge in [-0.05, 0) is 18.9 Å². The summed E-state index contributed by atoms with van der Waals surface area (Å²) < 4.78 is 0. The number of nitro benzene ring substituents is 1. The summed E-state index contributed by atoms with van der Waals surface area (Å²) in [5.74, 6) is -1.08. The van der Waals surface area contributed by atoms with Crippen LogP contribution < -0.4 is 5.11 Å². The Balaban J connectivity index is 0.000000487. The van der Waals surface area contributed by atoms with E-state index in [1.54, 1.807) is 12.1 Å². The van der Waals surface area contributed by atoms with E-state index >= 15 is 0 Å². The van der Waals surface area contributed by atoms with Crippen molar-refractivity contribution < 1.29 is 19.9 Å². The molecule has 1 rings (SSSR count). The largest absolute Gasteiger partial charge is 0.550 e. The molecule has 1 aromatic rings. The second-order valence-corrected chi connectivity index (χ2v) is 2.89. The summed E-state index contributed by atoms with van der Waals surface area (Å²) in [6, 6.07) is 6.27. The van der Waals surface area contributed by atoms with Gasteiger partial charge in [0.1, 0.15) is 0 Å². The van der Waals surface area contributed by atoms with E-state index in [1.165, 1.54) is 12.1 Å². The number of carbonyl (C=O) groups excluding carboxylic acids is 1. The first kappa shape index (κ1) is 14.1. The van der Waals surface area contributed by atoms with Crippen molar-refractivity contribution >= 4 is 11.7 Å². The lowest BCUT2D eigenvalue weighted by Gasteiger charge is -1.96. The number of carbonyl (C=O) groups is 1. The smallest absolute Gasteiger partial charge is 0.269 e. The summed E-state index contributed by atoms with van der Waals surface area (Å²) in [5, 5.41) is 27.8. The molecule has 0 aliphatic carbocycles. The highest BCUT2D eigenvalue weighted by atomic mass is 16.6. The first-order valence-electron chi connectivity index (χ1n) is 4.49. The molecule has 0 aromatic heterocycles. The number of non-ortho nitro benzene ring substituents is 1. The van der Waals surface area contributed by atoms with Gasteiger partial charge in [-0.25, -0.2) is 0 Å². The molecule has 0 saturated heterocycles. The fourth-order valence-corrected chi connectivity index (χ4v) is 0.955. The van der Waals surface area contributed by atoms with Crippen LogP contribution in [0.4, 0.5) is 5.69 Å². The summed E-state index contributed by atoms with van der Waals surface area (Å²) in [6.07, 6.45) is 0.460. The topological polar surface area (TPSA) is 104 Å². The Morgan fingerprint density at radius 1 is 1.50 bits per heavy atom. The molecular weight excluding hydrogens is 214 g/mol. The molecule has 6 heteroatoms. The molecule has 0 saturated carbocycles. The number of aliphatic hydroxyl groups excluding tert-OH is 1. The quantitative estimate of drug-likeness (QED) is 0.571. The Labute approximate surface area is 92.3 Å². The number of rotatable bonds is 3. The molecule has 0 heterocycles. The summed E-state index contributed by atoms with van der Waals surface area (Å²) in [6.45, 7) is 0.987. The third kappa shape index (κ3) is 6.50. The third-order valence-electron chi connectivity index (χ3n) is 1.52. The van der Waals surface area contributed by atoms with Gasteiger partial charge >= 0.3 is 0 Å². The average molecular weight is 226 g/mol. The number of aliphatic hydroxyl groups is 1. The minimum absolute atomic E-state index is 0.0150. The van der Waals surface area contributed by atoms with Gasteiger partial charge in [0, 0.05) is 24.7 Å². The summed E-state index contributed by atoms with van der Waals surface area (Å²) >= 11 is 0. The highest BCUT2D eigenvalue weighted by Gasteiger charge is 2.04. The van der Waals surface area contributed by atoms with Crippen molar-refractivity contribution in [2.45, 2.75) is 13.3 Å². The van der Waals surface area contributed by atoms with Crippen LogP contribution in [-0.4, -0.2) is 22.6 Å². The first-order valence-corrected chi connectivity index (χ1v) is 4.49. The SMILES string of the molecule is CC(=O)[O-].O=[N+]([O-])c1cccc(CCO)c1. The van der Waals surface area contributed by atoms with Crippen LogP contribution in [0.15, 0.2) is 24.3 Å². The van der Waals surface area contributed by atoms with Crippen LogP contribution >= 0.6 is 0 Å². The van der Waals surface area contributed by atoms with Gasteiger partial charge in [-0.2, -0.15) is 0 Å². The summed E-state index contributed by atoms with van der Waals surface area (Å²) in [5.41, 5.74) is 0.854. The number of carboxylic acid groups (broad SMARTS) is 1. The lowest BCUT2D eigenvalue weighted by molar-refractivity contribution is -0.384. The molecule has 16 heavy (non-hydrogen) atoms. The van der Waals surface area contributed by atoms with Crippen molar-refractivity contribution in [1.82, 2.24) is 0 Å². The van der Waals surface area contributed by atoms with E-state index in [0.717, 1.165) is 12.5 Å². The Bertz CT molecular complexity index is 360. The van der Waals surface area contributed by atoms with Gasteiger partial charge in [-0.1, -0.05) is 12.1 Å². The van der Waals surface area contributed by atoms with Crippen molar-refractivity contribution in [1.29, 1.82) is 0 Å². The second-order valence-electron chi connectivity index (χ2n) is 2.89. The highest BCUT2D eigenvalue weighted by molar-refractivity contribution is 5.60. The van der Waals surface area contributed by atoms with Gasteiger partial charge in [0.15, 0.2) is 0 Å². The predicted molar refractivity (Wildman–Crippen MR) is 54.6 cm³/mol. The molecule has 0 fully saturated rings. The molecule has 0 radical (unpaired) electrons. The van der Waals surface area contributed by atoms with Crippen LogP contribution in [0.25, 0.3) is 0 Å². The lowest BCUT2D eigenvalue weighted by Crippen LogP contribution is -2.16. The lowest BCUT2D eigenvalue weighted by atomic mass is 10.1. The minimum atomic E-state index is -1.08. The van der Waals surface area contributed by atoms with Crippen LogP contribution in [0.2, 0.25) is 0 Å². The van der Waals surface area contributed by atoms with E-state index in [0.29, 0.717) is 6.42 Å². The van der Waals surface area contributed by atoms with Crippen molar-refractivity contribution in [3.63, 3.8) is 0 Å². The first-order chi connectivity index (χ1) is 7.47. The van der Waals surface area contributed by atoms with Gasteiger partial charge in [0.05, 0.1) is 4.92 Å². The Hall–Kier alpha value is -1.95. The fourth-order valence-electron chi connectivity index (χ4n) is 0.955. The molecule has 0 spiro atoms. The molecule has 0 unspecified atom stereocenters. The Morgan fingerprint density at radius 2 is 2.06 bits per heavy atom. The number of nitrogens with zero attached hydrogens (tertiary/aromatic N) is 1. The predicted octanol–water partition coefficient (Wildman–Crippen LogP) is -0.114. The number of benzene rings is 1. The van der Waals surface area contributed by atoms with Crippen molar-refractivity contribution in [2.24, 2.45) is 0 Å². The van der Waals surface area contributed by atoms with Crippen molar-refractivity contribution in [3.05, 3.63) is 39.9 Å². The maximum absolute atomic E-state index is 10.3. The second kappa shape index (κ2) is 7.36. The maximum atomic E-state index is 10.3. The number of hydrogen-bond acceptors (Lipinski definition) is 5. The van der Waals surface area contributed by atoms with Crippen LogP contribution in [0.5, 0.6) is 0 Å². The van der Waals surface area contributed by atoms with E-state index < -0.39 is 10.9 Å². The summed E-state index contributed by atoms with van der Waals surface area (Å²) in [7, 11) is 0. The van der Waals surface area contributed by atoms with E-state index in [4.69, 9.17) is 15.0 Å². The molecule has 88 valence electrons. The molecule has 1 N–H and O–H groups in total. The van der Waals surface area contributed by atoms with Gasteiger partial charge in [0.25, 0.3) is 5.69 Å². The van der Waals surface area contributed by atoms with Crippen molar-refractivity contribution in [2.75, 3.05) is 6.61 Å². The molecule has 0 bridgehead atoms. The molecule has 0 amide bonds. The molecule has 1 aromatic carbocycles. The summed E-state index contributed by atoms with van der Waals surface area (Å²) in [4.78, 5) is 18.7. The minimum Gasteiger partial charge on any atom is -0.550 e. The van der Waals surface area contributed by atoms with E-state index in [-0.39, 0.29) is 12.3 Å². The number of nitro groups is 1. The maximum Gasteiger partial charge on any atom is 0.269 e. The monoisotopic (exact) mass is 226 g/mol. The van der Waals surface area contributed by atoms with Gasteiger partial charge in [-0.3, -0.25) is 10.1 Å². The van der Waals surface area contributed by atoms with E-state index in [1.807, 2.05) is 0 Å². The van der Waals surface area contributed by atoms with Crippen LogP contribution in [0.3, 0.4) is 0 Å². The van der Waals surface area contributed by atoms with Crippen LogP contribution in [0.1, 0.15) is 12.5 Å². The molecule has 0 aliphatic heterocycles. The van der Waals surface area contributed by atoms with E-state index in [2.05, 4.69) is 0 Å². The third-order valence-corrected chi connectivity index (χ3v) is 1.52. The number of carboxylic acids is 1. The average Bonchev–Trinajstić information content (AvgIpc) is 2.17. The molecule has 0 atom stereocenters. The standard InChI is InChI=1S/C8H9NO3.C2H4O2/c10-5-4-7-2-1-3-8(6-7)9(11)12;1-2(3)4/h1-3,6,10H,4-5H2;1H3,(H,3,4)/p-1. The zero-order chi connectivity index (χ0) is 12.6. The highest BCUT2D eigenvalue weighted by Crippen LogP contribution is 2.12. The zero-order valence-corrected chi connectivity index (χ0v) is 8.75. The molecule has 6 nitrogen and oxygen atoms in total. The van der Waals surface area contributed by atoms with Gasteiger partial charge in [0.2, 0.25) is 0 Å². The number of aliphatic carboxylic acids is 1. The zero-order valence-electron chi connectivity index (χ0n) is 8.75. The Morgan fingerprint density at radius 3 is 2.50 bits per heavy atom. The normalized spacial score (nSPS) is 8.88. The van der Waals surface area contributed by atoms with Gasteiger partial charge in [-0.15, -0.1) is 0 Å². The van der Waals surface area contributed by atoms with Crippen LogP contribution in [0, 0.1) is 10.1 Å². The van der Waals surface area contributed by atoms with Gasteiger partial charge < -0.3 is 15.0 Å². The fraction of sp³-hybridized carbons (Fsp3) is 0.300. The van der Waals surface area contributed by atoms with Crippen LogP contribution in [-0.2, 0) is 11.2 Å². The van der Waals surface area contributed by atoms with Crippen molar-refractivity contribution in [3.8, 4) is 0 Å². The Kier molecular flexibility index (Phi) is 6.46. The molecular formula is C10H12NO5-. The number of hydrogen-bond donors (Lipinski definition) is 1.